The standard InChI is InChI=1S/C17H21N5O/c1-22-9-14(16-18-10-19-21-16)13-8-11(6-7-15(13)22)17(23)20-12-4-2-3-5-12/h6-8,10,12,14H,2-5,9H2,1H3,(H,20,23)(H,18,19,21)/t14-/m1/s1. The van der Waals surface area contributed by atoms with E-state index in [-0.39, 0.29) is 11.8 Å². The van der Waals surface area contributed by atoms with Gasteiger partial charge in [-0.05, 0) is 36.6 Å². The van der Waals surface area contributed by atoms with Crippen molar-refractivity contribution in [2.75, 3.05) is 18.5 Å². The molecule has 2 aromatic rings. The molecule has 0 bridgehead atoms. The van der Waals surface area contributed by atoms with E-state index in [0.29, 0.717) is 6.04 Å². The van der Waals surface area contributed by atoms with Gasteiger partial charge in [0, 0.05) is 30.9 Å². The Morgan fingerprint density at radius 1 is 1.35 bits per heavy atom. The Morgan fingerprint density at radius 2 is 2.17 bits per heavy atom. The van der Waals surface area contributed by atoms with Gasteiger partial charge in [-0.3, -0.25) is 9.89 Å². The van der Waals surface area contributed by atoms with E-state index in [4.69, 9.17) is 0 Å². The first-order valence-electron chi connectivity index (χ1n) is 8.23. The van der Waals surface area contributed by atoms with Gasteiger partial charge in [0.05, 0.1) is 5.92 Å². The van der Waals surface area contributed by atoms with Crippen molar-refractivity contribution in [3.8, 4) is 0 Å². The molecule has 2 N–H and O–H groups in total. The van der Waals surface area contributed by atoms with Crippen molar-refractivity contribution in [1.29, 1.82) is 0 Å². The van der Waals surface area contributed by atoms with Gasteiger partial charge in [0.1, 0.15) is 12.2 Å². The highest BCUT2D eigenvalue weighted by Crippen LogP contribution is 2.38. The van der Waals surface area contributed by atoms with Gasteiger partial charge < -0.3 is 10.2 Å². The number of amides is 1. The third-order valence-corrected chi connectivity index (χ3v) is 4.99. The first-order chi connectivity index (χ1) is 11.2. The SMILES string of the molecule is CN1C[C@@H](c2ncn[nH]2)c2cc(C(=O)NC3CCCC3)ccc21. The van der Waals surface area contributed by atoms with E-state index < -0.39 is 0 Å². The first kappa shape index (κ1) is 14.2. The number of aromatic amines is 1. The van der Waals surface area contributed by atoms with Gasteiger partial charge in [-0.15, -0.1) is 0 Å². The average molecular weight is 311 g/mol. The highest BCUT2D eigenvalue weighted by Gasteiger charge is 2.30. The quantitative estimate of drug-likeness (QED) is 0.910. The van der Waals surface area contributed by atoms with Crippen molar-refractivity contribution in [3.63, 3.8) is 0 Å². The molecule has 1 aromatic heterocycles. The topological polar surface area (TPSA) is 73.9 Å². The van der Waals surface area contributed by atoms with Crippen molar-refractivity contribution in [1.82, 2.24) is 20.5 Å². The van der Waals surface area contributed by atoms with Crippen molar-refractivity contribution >= 4 is 11.6 Å². The smallest absolute Gasteiger partial charge is 0.251 e. The van der Waals surface area contributed by atoms with Crippen molar-refractivity contribution < 1.29 is 4.79 Å². The molecule has 6 heteroatoms. The normalized spacial score (nSPS) is 20.7. The molecule has 0 radical (unpaired) electrons. The third-order valence-electron chi connectivity index (χ3n) is 4.99. The number of H-pyrrole nitrogens is 1. The molecule has 1 atom stereocenters. The minimum atomic E-state index is 0.0329. The van der Waals surface area contributed by atoms with Crippen LogP contribution in [0.3, 0.4) is 0 Å². The molecule has 2 heterocycles. The Labute approximate surface area is 135 Å². The van der Waals surface area contributed by atoms with Crippen LogP contribution in [-0.2, 0) is 0 Å². The largest absolute Gasteiger partial charge is 0.373 e. The van der Waals surface area contributed by atoms with Crippen LogP contribution in [0.1, 0.15) is 53.3 Å². The first-order valence-corrected chi connectivity index (χ1v) is 8.23. The predicted octanol–water partition coefficient (Wildman–Crippen LogP) is 2.06. The van der Waals surface area contributed by atoms with Crippen LogP contribution in [0.2, 0.25) is 0 Å². The Morgan fingerprint density at radius 3 is 2.91 bits per heavy atom. The summed E-state index contributed by atoms with van der Waals surface area (Å²) in [7, 11) is 2.06. The zero-order chi connectivity index (χ0) is 15.8. The summed E-state index contributed by atoms with van der Waals surface area (Å²) >= 11 is 0. The minimum absolute atomic E-state index is 0.0329. The van der Waals surface area contributed by atoms with Gasteiger partial charge in [-0.2, -0.15) is 5.10 Å². The van der Waals surface area contributed by atoms with Gasteiger partial charge in [0.25, 0.3) is 5.91 Å². The second-order valence-corrected chi connectivity index (χ2v) is 6.53. The molecule has 1 aliphatic heterocycles. The summed E-state index contributed by atoms with van der Waals surface area (Å²) in [6.45, 7) is 0.845. The fourth-order valence-electron chi connectivity index (χ4n) is 3.75. The van der Waals surface area contributed by atoms with Gasteiger partial charge >= 0.3 is 0 Å². The lowest BCUT2D eigenvalue weighted by atomic mass is 9.98. The lowest BCUT2D eigenvalue weighted by Crippen LogP contribution is -2.32. The molecule has 2 aliphatic rings. The van der Waals surface area contributed by atoms with Crippen LogP contribution in [0.4, 0.5) is 5.69 Å². The van der Waals surface area contributed by atoms with E-state index in [0.717, 1.165) is 42.0 Å². The van der Waals surface area contributed by atoms with Crippen LogP contribution < -0.4 is 10.2 Å². The number of hydrogen-bond donors (Lipinski definition) is 2. The highest BCUT2D eigenvalue weighted by atomic mass is 16.1. The molecule has 1 fully saturated rings. The zero-order valence-corrected chi connectivity index (χ0v) is 13.2. The molecule has 0 spiro atoms. The molecule has 1 aliphatic carbocycles. The molecule has 4 rings (SSSR count). The minimum Gasteiger partial charge on any atom is -0.373 e. The molecule has 1 saturated carbocycles. The van der Waals surface area contributed by atoms with Crippen LogP contribution in [0.15, 0.2) is 24.5 Å². The molecular formula is C17H21N5O. The summed E-state index contributed by atoms with van der Waals surface area (Å²) in [6.07, 6.45) is 6.16. The summed E-state index contributed by atoms with van der Waals surface area (Å²) in [5.74, 6) is 1.02. The number of carbonyl (C=O) groups is 1. The maximum absolute atomic E-state index is 12.5. The second-order valence-electron chi connectivity index (χ2n) is 6.53. The molecule has 23 heavy (non-hydrogen) atoms. The van der Waals surface area contributed by atoms with E-state index in [9.17, 15) is 4.79 Å². The Hall–Kier alpha value is -2.37. The number of likely N-dealkylation sites (N-methyl/N-ethyl adjacent to an activating group) is 1. The maximum Gasteiger partial charge on any atom is 0.251 e. The Bertz CT molecular complexity index is 706. The number of aromatic nitrogens is 3. The summed E-state index contributed by atoms with van der Waals surface area (Å²) in [4.78, 5) is 19.0. The van der Waals surface area contributed by atoms with E-state index in [2.05, 4.69) is 32.4 Å². The summed E-state index contributed by atoms with van der Waals surface area (Å²) in [5, 5.41) is 10.1. The number of nitrogens with zero attached hydrogens (tertiary/aromatic N) is 3. The van der Waals surface area contributed by atoms with Crippen LogP contribution in [0.25, 0.3) is 0 Å². The molecule has 6 nitrogen and oxygen atoms in total. The zero-order valence-electron chi connectivity index (χ0n) is 13.2. The van der Waals surface area contributed by atoms with Gasteiger partial charge in [-0.25, -0.2) is 4.98 Å². The fraction of sp³-hybridized carbons (Fsp3) is 0.471. The molecular weight excluding hydrogens is 290 g/mol. The van der Waals surface area contributed by atoms with E-state index in [1.807, 2.05) is 18.2 Å². The van der Waals surface area contributed by atoms with Crippen molar-refractivity contribution in [2.24, 2.45) is 0 Å². The van der Waals surface area contributed by atoms with Crippen LogP contribution >= 0.6 is 0 Å². The molecule has 0 saturated heterocycles. The fourth-order valence-corrected chi connectivity index (χ4v) is 3.75. The monoisotopic (exact) mass is 311 g/mol. The summed E-state index contributed by atoms with van der Waals surface area (Å²) in [5.41, 5.74) is 3.03. The van der Waals surface area contributed by atoms with E-state index >= 15 is 0 Å². The maximum atomic E-state index is 12.5. The number of carbonyl (C=O) groups excluding carboxylic acids is 1. The van der Waals surface area contributed by atoms with E-state index in [1.54, 1.807) is 0 Å². The highest BCUT2D eigenvalue weighted by molar-refractivity contribution is 5.95. The third kappa shape index (κ3) is 2.58. The number of anilines is 1. The number of hydrogen-bond acceptors (Lipinski definition) is 4. The van der Waals surface area contributed by atoms with E-state index in [1.165, 1.54) is 19.2 Å². The van der Waals surface area contributed by atoms with Crippen molar-refractivity contribution in [2.45, 2.75) is 37.6 Å². The summed E-state index contributed by atoms with van der Waals surface area (Å²) in [6, 6.07) is 6.30. The molecule has 1 aromatic carbocycles. The number of benzene rings is 1. The Balaban J connectivity index is 1.61. The van der Waals surface area contributed by atoms with Crippen molar-refractivity contribution in [3.05, 3.63) is 41.5 Å². The second kappa shape index (κ2) is 5.68. The van der Waals surface area contributed by atoms with Crippen LogP contribution in [0, 0.1) is 0 Å². The lowest BCUT2D eigenvalue weighted by molar-refractivity contribution is 0.0938. The van der Waals surface area contributed by atoms with Crippen LogP contribution in [-0.4, -0.2) is 40.7 Å². The van der Waals surface area contributed by atoms with Gasteiger partial charge in [0.2, 0.25) is 0 Å². The van der Waals surface area contributed by atoms with Gasteiger partial charge in [-0.1, -0.05) is 12.8 Å². The molecule has 0 unspecified atom stereocenters. The van der Waals surface area contributed by atoms with Crippen LogP contribution in [0.5, 0.6) is 0 Å². The predicted molar refractivity (Wildman–Crippen MR) is 87.7 cm³/mol. The molecule has 120 valence electrons. The molecule has 1 amide bonds. The van der Waals surface area contributed by atoms with Gasteiger partial charge in [0.15, 0.2) is 0 Å². The Kier molecular flexibility index (Phi) is 3.52. The lowest BCUT2D eigenvalue weighted by Gasteiger charge is -2.14. The number of nitrogens with one attached hydrogen (secondary N) is 2. The number of fused-ring (bicyclic) bond motifs is 1. The summed E-state index contributed by atoms with van der Waals surface area (Å²) < 4.78 is 0. The average Bonchev–Trinajstić information content (AvgIpc) is 3.28. The number of rotatable bonds is 3.